The summed E-state index contributed by atoms with van der Waals surface area (Å²) in [4.78, 5) is 47.2. The largest absolute Gasteiger partial charge is 0.477 e. The van der Waals surface area contributed by atoms with Gasteiger partial charge >= 0.3 is 5.97 Å². The number of aliphatic carboxylic acids is 1. The van der Waals surface area contributed by atoms with Gasteiger partial charge in [0.2, 0.25) is 17.5 Å². The molecule has 1 aromatic heterocycles. The van der Waals surface area contributed by atoms with E-state index in [1.807, 2.05) is 0 Å². The Balaban J connectivity index is 1.43. The lowest BCUT2D eigenvalue weighted by Gasteiger charge is -2.49. The third-order valence-corrected chi connectivity index (χ3v) is 8.47. The Morgan fingerprint density at radius 2 is 2.08 bits per heavy atom. The first-order chi connectivity index (χ1) is 19.1. The Morgan fingerprint density at radius 1 is 1.35 bits per heavy atom. The molecule has 1 aliphatic carbocycles. The number of thioether (sulfide) groups is 1. The fraction of sp³-hybridized carbons (Fsp3) is 0.545. The molecule has 3 heterocycles. The lowest BCUT2D eigenvalue weighted by molar-refractivity contribution is -0.150. The summed E-state index contributed by atoms with van der Waals surface area (Å²) in [6.45, 7) is 0.899. The number of nitrogens with one attached hydrogen (secondary N) is 3. The summed E-state index contributed by atoms with van der Waals surface area (Å²) in [7, 11) is 1.58. The topological polar surface area (TPSA) is 212 Å². The zero-order chi connectivity index (χ0) is 29.0. The fourth-order valence-electron chi connectivity index (χ4n) is 4.46. The third-order valence-electron chi connectivity index (χ3n) is 6.63. The van der Waals surface area contributed by atoms with Crippen LogP contribution in [0.3, 0.4) is 0 Å². The van der Waals surface area contributed by atoms with Gasteiger partial charge in [0.05, 0.1) is 6.21 Å². The Morgan fingerprint density at radius 3 is 2.70 bits per heavy atom. The number of fused-ring (bicyclic) bond motifs is 1. The van der Waals surface area contributed by atoms with Gasteiger partial charge in [-0.1, -0.05) is 12.1 Å². The summed E-state index contributed by atoms with van der Waals surface area (Å²) in [5, 5.41) is 32.0. The van der Waals surface area contributed by atoms with E-state index < -0.39 is 41.8 Å². The van der Waals surface area contributed by atoms with Crippen LogP contribution in [0.2, 0.25) is 0 Å². The molecule has 3 aliphatic rings. The molecule has 15 nitrogen and oxygen atoms in total. The van der Waals surface area contributed by atoms with Crippen molar-refractivity contribution in [2.45, 2.75) is 50.1 Å². The number of carbonyl (C=O) groups excluding carboxylic acids is 2. The minimum atomic E-state index is -1.34. The highest BCUT2D eigenvalue weighted by molar-refractivity contribution is 8.00. The maximum atomic E-state index is 13.0. The van der Waals surface area contributed by atoms with Crippen molar-refractivity contribution < 1.29 is 28.7 Å². The standard InChI is InChI=1S/C22H29FN10O5S2/c1-10-3-5-12(6-4-10)27-21(24)32(2)26-7-11-8-39-19-14(18(35)33(19)15(11)20(36)37)28-17(34)13(30-38-9-23)16-29-22(25)40-31-16/h7,10,12,14,19H,3-6,8-9H2,1-2H3,(H2,24,27)(H,28,34)(H,36,37)(H2,25,29,31)/b26-7+,30-13-/t10?,12?,14-,19?/m1/s1. The summed E-state index contributed by atoms with van der Waals surface area (Å²) in [6, 6.07) is -0.903. The van der Waals surface area contributed by atoms with E-state index >= 15 is 0 Å². The minimum absolute atomic E-state index is 0.0371. The number of alkyl halides is 1. The number of nitrogen functional groups attached to an aromatic ring is 1. The number of hydrazone groups is 1. The molecule has 1 saturated heterocycles. The number of oxime groups is 1. The maximum Gasteiger partial charge on any atom is 0.353 e. The molecule has 40 heavy (non-hydrogen) atoms. The number of aromatic nitrogens is 2. The molecule has 1 saturated carbocycles. The van der Waals surface area contributed by atoms with Crippen molar-refractivity contribution in [2.75, 3.05) is 25.4 Å². The van der Waals surface area contributed by atoms with Crippen LogP contribution < -0.4 is 16.4 Å². The highest BCUT2D eigenvalue weighted by Crippen LogP contribution is 2.40. The minimum Gasteiger partial charge on any atom is -0.477 e. The van der Waals surface area contributed by atoms with Crippen LogP contribution in [-0.4, -0.2) is 97.2 Å². The van der Waals surface area contributed by atoms with Crippen molar-refractivity contribution in [1.82, 2.24) is 29.9 Å². The molecule has 2 amide bonds. The first-order valence-corrected chi connectivity index (χ1v) is 14.1. The van der Waals surface area contributed by atoms with E-state index in [4.69, 9.17) is 11.1 Å². The second kappa shape index (κ2) is 12.6. The molecule has 2 fully saturated rings. The zero-order valence-corrected chi connectivity index (χ0v) is 23.3. The van der Waals surface area contributed by atoms with Gasteiger partial charge < -0.3 is 26.3 Å². The van der Waals surface area contributed by atoms with Crippen molar-refractivity contribution >= 4 is 64.1 Å². The van der Waals surface area contributed by atoms with Gasteiger partial charge in [0.15, 0.2) is 5.13 Å². The number of amides is 2. The third kappa shape index (κ3) is 6.33. The number of carboxylic acids is 1. The second-order valence-electron chi connectivity index (χ2n) is 9.39. The van der Waals surface area contributed by atoms with Crippen molar-refractivity contribution in [3.63, 3.8) is 0 Å². The summed E-state index contributed by atoms with van der Waals surface area (Å²) in [6.07, 6.45) is 5.43. The van der Waals surface area contributed by atoms with Crippen LogP contribution in [0.25, 0.3) is 0 Å². The summed E-state index contributed by atoms with van der Waals surface area (Å²) < 4.78 is 16.4. The molecule has 216 valence electrons. The Hall–Kier alpha value is -3.80. The molecule has 0 aromatic carbocycles. The molecular weight excluding hydrogens is 567 g/mol. The van der Waals surface area contributed by atoms with Crippen LogP contribution >= 0.6 is 23.3 Å². The van der Waals surface area contributed by atoms with Gasteiger partial charge in [0.25, 0.3) is 18.7 Å². The van der Waals surface area contributed by atoms with E-state index in [0.717, 1.165) is 42.1 Å². The smallest absolute Gasteiger partial charge is 0.353 e. The van der Waals surface area contributed by atoms with Crippen molar-refractivity contribution in [1.29, 1.82) is 5.41 Å². The number of carbonyl (C=O) groups is 3. The number of carboxylic acid groups (broad SMARTS) is 1. The van der Waals surface area contributed by atoms with E-state index in [1.165, 1.54) is 23.0 Å². The van der Waals surface area contributed by atoms with Crippen molar-refractivity contribution in [3.05, 3.63) is 17.1 Å². The number of nitrogens with zero attached hydrogens (tertiary/aromatic N) is 6. The van der Waals surface area contributed by atoms with Crippen LogP contribution in [0.5, 0.6) is 0 Å². The number of hydrogen-bond donors (Lipinski definition) is 5. The number of nitrogens with two attached hydrogens (primary N) is 1. The van der Waals surface area contributed by atoms with Gasteiger partial charge in [0.1, 0.15) is 17.1 Å². The van der Waals surface area contributed by atoms with E-state index in [0.29, 0.717) is 5.92 Å². The summed E-state index contributed by atoms with van der Waals surface area (Å²) in [5.74, 6) is -2.19. The average Bonchev–Trinajstić information content (AvgIpc) is 3.36. The highest BCUT2D eigenvalue weighted by Gasteiger charge is 2.54. The SMILES string of the molecule is CC1CCC(NC(=N)N(C)/N=C/C2=C(C(=O)O)N3C(=O)[C@@H](NC(=O)/C(=N\OCF)c4nsc(N)n4)C3SC2)CC1. The molecule has 6 N–H and O–H groups in total. The molecule has 18 heteroatoms. The normalized spacial score (nSPS) is 24.8. The number of β-lactam (4-membered cyclic amide) rings is 1. The van der Waals surface area contributed by atoms with Gasteiger partial charge in [-0.25, -0.2) is 14.2 Å². The van der Waals surface area contributed by atoms with E-state index in [2.05, 4.69) is 42.0 Å². The summed E-state index contributed by atoms with van der Waals surface area (Å²) in [5.41, 5.74) is 5.07. The predicted molar refractivity (Wildman–Crippen MR) is 146 cm³/mol. The number of rotatable bonds is 9. The van der Waals surface area contributed by atoms with Crippen LogP contribution in [0, 0.1) is 11.3 Å². The molecule has 0 bridgehead atoms. The second-order valence-corrected chi connectivity index (χ2v) is 11.3. The molecular formula is C22H29FN10O5S2. The summed E-state index contributed by atoms with van der Waals surface area (Å²) >= 11 is 2.01. The van der Waals surface area contributed by atoms with Gasteiger partial charge in [-0.3, -0.25) is 19.9 Å². The Kier molecular flexibility index (Phi) is 9.18. The molecule has 1 unspecified atom stereocenters. The van der Waals surface area contributed by atoms with Crippen LogP contribution in [0.4, 0.5) is 9.52 Å². The number of hydrogen-bond acceptors (Lipinski definition) is 12. The van der Waals surface area contributed by atoms with E-state index in [1.54, 1.807) is 7.05 Å². The molecule has 4 rings (SSSR count). The number of halogens is 1. The zero-order valence-electron chi connectivity index (χ0n) is 21.7. The maximum absolute atomic E-state index is 13.0. The lowest BCUT2D eigenvalue weighted by Crippen LogP contribution is -2.71. The predicted octanol–water partition coefficient (Wildman–Crippen LogP) is 0.527. The molecule has 1 aromatic rings. The Bertz CT molecular complexity index is 1260. The fourth-order valence-corrected chi connectivity index (χ4v) is 6.19. The first kappa shape index (κ1) is 29.2. The van der Waals surface area contributed by atoms with Gasteiger partial charge in [-0.05, 0) is 31.6 Å². The molecule has 2 aliphatic heterocycles. The van der Waals surface area contributed by atoms with Gasteiger partial charge in [0, 0.05) is 35.9 Å². The van der Waals surface area contributed by atoms with Crippen LogP contribution in [-0.2, 0) is 19.2 Å². The van der Waals surface area contributed by atoms with Crippen LogP contribution in [0.15, 0.2) is 21.5 Å². The van der Waals surface area contributed by atoms with Gasteiger partial charge in [-0.2, -0.15) is 14.5 Å². The lowest BCUT2D eigenvalue weighted by atomic mass is 9.87. The Labute approximate surface area is 236 Å². The van der Waals surface area contributed by atoms with Crippen LogP contribution in [0.1, 0.15) is 38.4 Å². The van der Waals surface area contributed by atoms with Gasteiger partial charge in [-0.15, -0.1) is 11.8 Å². The van der Waals surface area contributed by atoms with E-state index in [-0.39, 0.29) is 40.0 Å². The monoisotopic (exact) mass is 596 g/mol. The molecule has 0 spiro atoms. The average molecular weight is 597 g/mol. The molecule has 0 radical (unpaired) electrons. The van der Waals surface area contributed by atoms with Crippen molar-refractivity contribution in [2.24, 2.45) is 16.2 Å². The highest BCUT2D eigenvalue weighted by atomic mass is 32.2. The van der Waals surface area contributed by atoms with Crippen molar-refractivity contribution in [3.8, 4) is 0 Å². The van der Waals surface area contributed by atoms with E-state index in [9.17, 15) is 23.9 Å². The quantitative estimate of drug-likeness (QED) is 0.115. The first-order valence-electron chi connectivity index (χ1n) is 12.3. The molecule has 2 atom stereocenters. The number of anilines is 1. The number of guanidine groups is 1.